The summed E-state index contributed by atoms with van der Waals surface area (Å²) in [5, 5.41) is 17.7. The van der Waals surface area contributed by atoms with E-state index in [4.69, 9.17) is 10.2 Å². The molecule has 0 unspecified atom stereocenters. The highest BCUT2D eigenvalue weighted by Crippen LogP contribution is 2.01. The smallest absolute Gasteiger partial charge is 0.337 e. The largest absolute Gasteiger partial charge is 0.478 e. The number of hydrogen-bond donors (Lipinski definition) is 3. The summed E-state index contributed by atoms with van der Waals surface area (Å²) in [6.07, 6.45) is 0.618. The third kappa shape index (κ3) is 2.43. The molecule has 5 heteroatoms. The first-order chi connectivity index (χ1) is 6.50. The van der Waals surface area contributed by atoms with Crippen molar-refractivity contribution >= 4 is 5.97 Å². The average molecular weight is 197 g/mol. The Balaban J connectivity index is 3.08. The molecule has 1 atom stereocenters. The number of pyridine rings is 1. The number of nitrogens with one attached hydrogen (secondary N) is 1. The van der Waals surface area contributed by atoms with Crippen LogP contribution in [-0.4, -0.2) is 27.3 Å². The van der Waals surface area contributed by atoms with Gasteiger partial charge in [-0.1, -0.05) is 0 Å². The second-order valence-corrected chi connectivity index (χ2v) is 3.10. The Labute approximate surface area is 80.0 Å². The zero-order valence-electron chi connectivity index (χ0n) is 7.65. The van der Waals surface area contributed by atoms with Gasteiger partial charge in [-0.05, 0) is 13.0 Å². The first-order valence-electron chi connectivity index (χ1n) is 4.13. The molecule has 3 N–H and O–H groups in total. The monoisotopic (exact) mass is 197 g/mol. The lowest BCUT2D eigenvalue weighted by Gasteiger charge is -2.03. The number of carboxylic acids is 1. The number of aromatic carboxylic acids is 1. The summed E-state index contributed by atoms with van der Waals surface area (Å²) in [5.74, 6) is -1.10. The molecule has 1 rings (SSSR count). The van der Waals surface area contributed by atoms with E-state index in [2.05, 4.69) is 4.98 Å². The van der Waals surface area contributed by atoms with Crippen LogP contribution in [0.25, 0.3) is 0 Å². The summed E-state index contributed by atoms with van der Waals surface area (Å²) in [4.78, 5) is 24.0. The quantitative estimate of drug-likeness (QED) is 0.636. The number of H-pyrrole nitrogens is 1. The fraction of sp³-hybridized carbons (Fsp3) is 0.333. The summed E-state index contributed by atoms with van der Waals surface area (Å²) < 4.78 is 0. The lowest BCUT2D eigenvalue weighted by molar-refractivity contribution is 0.0696. The van der Waals surface area contributed by atoms with Crippen LogP contribution in [0, 0.1) is 0 Å². The van der Waals surface area contributed by atoms with E-state index in [0.717, 1.165) is 6.20 Å². The second-order valence-electron chi connectivity index (χ2n) is 3.10. The van der Waals surface area contributed by atoms with Gasteiger partial charge in [0.05, 0.1) is 11.7 Å². The lowest BCUT2D eigenvalue weighted by atomic mass is 10.1. The van der Waals surface area contributed by atoms with Crippen molar-refractivity contribution in [3.8, 4) is 0 Å². The highest BCUT2D eigenvalue weighted by Gasteiger charge is 2.08. The molecule has 0 bridgehead atoms. The van der Waals surface area contributed by atoms with Crippen LogP contribution >= 0.6 is 0 Å². The van der Waals surface area contributed by atoms with E-state index in [1.807, 2.05) is 0 Å². The van der Waals surface area contributed by atoms with Gasteiger partial charge in [-0.25, -0.2) is 4.79 Å². The van der Waals surface area contributed by atoms with E-state index in [1.54, 1.807) is 0 Å². The second kappa shape index (κ2) is 4.06. The van der Waals surface area contributed by atoms with Crippen LogP contribution in [0.3, 0.4) is 0 Å². The van der Waals surface area contributed by atoms with E-state index in [9.17, 15) is 9.59 Å². The predicted molar refractivity (Wildman–Crippen MR) is 49.4 cm³/mol. The minimum Gasteiger partial charge on any atom is -0.478 e. The van der Waals surface area contributed by atoms with Crippen molar-refractivity contribution in [3.05, 3.63) is 33.7 Å². The van der Waals surface area contributed by atoms with Gasteiger partial charge in [0.25, 0.3) is 5.56 Å². The third-order valence-electron chi connectivity index (χ3n) is 1.74. The predicted octanol–water partition coefficient (Wildman–Crippen LogP) is -0.00360. The molecule has 0 spiro atoms. The molecule has 0 fully saturated rings. The maximum Gasteiger partial charge on any atom is 0.337 e. The molecule has 0 aliphatic carbocycles. The molecule has 0 aliphatic rings. The van der Waals surface area contributed by atoms with E-state index in [0.29, 0.717) is 0 Å². The van der Waals surface area contributed by atoms with Gasteiger partial charge in [0, 0.05) is 18.2 Å². The van der Waals surface area contributed by atoms with E-state index in [1.165, 1.54) is 13.0 Å². The maximum absolute atomic E-state index is 11.2. The summed E-state index contributed by atoms with van der Waals surface area (Å²) in [6, 6.07) is 1.27. The minimum absolute atomic E-state index is 0.0141. The van der Waals surface area contributed by atoms with Crippen LogP contribution in [0.4, 0.5) is 0 Å². The summed E-state index contributed by atoms with van der Waals surface area (Å²) in [5.41, 5.74) is -0.0731. The van der Waals surface area contributed by atoms with E-state index >= 15 is 0 Å². The van der Waals surface area contributed by atoms with Gasteiger partial charge in [-0.2, -0.15) is 0 Å². The SMILES string of the molecule is C[C@@H](O)Cc1cc(C(=O)O)c[nH]c1=O. The van der Waals surface area contributed by atoms with Crippen molar-refractivity contribution in [1.29, 1.82) is 0 Å². The number of carbonyl (C=O) groups is 1. The highest BCUT2D eigenvalue weighted by atomic mass is 16.4. The van der Waals surface area contributed by atoms with Crippen molar-refractivity contribution in [2.75, 3.05) is 0 Å². The molecule has 5 nitrogen and oxygen atoms in total. The van der Waals surface area contributed by atoms with Crippen LogP contribution < -0.4 is 5.56 Å². The topological polar surface area (TPSA) is 90.4 Å². The van der Waals surface area contributed by atoms with Gasteiger partial charge >= 0.3 is 5.97 Å². The fourth-order valence-electron chi connectivity index (χ4n) is 1.12. The van der Waals surface area contributed by atoms with Crippen molar-refractivity contribution in [2.45, 2.75) is 19.4 Å². The molecule has 1 aromatic heterocycles. The summed E-state index contributed by atoms with van der Waals surface area (Å²) >= 11 is 0. The standard InChI is InChI=1S/C9H11NO4/c1-5(11)2-6-3-7(9(13)14)4-10-8(6)12/h3-5,11H,2H2,1H3,(H,10,12)(H,13,14)/t5-/m1/s1. The van der Waals surface area contributed by atoms with Crippen molar-refractivity contribution in [1.82, 2.24) is 4.98 Å². The third-order valence-corrected chi connectivity index (χ3v) is 1.74. The molecule has 0 saturated heterocycles. The van der Waals surface area contributed by atoms with Gasteiger partial charge < -0.3 is 15.2 Å². The van der Waals surface area contributed by atoms with Gasteiger partial charge in [-0.15, -0.1) is 0 Å². The number of carboxylic acid groups (broad SMARTS) is 1. The number of hydrogen-bond acceptors (Lipinski definition) is 3. The number of aromatic nitrogens is 1. The Hall–Kier alpha value is -1.62. The first-order valence-corrected chi connectivity index (χ1v) is 4.13. The highest BCUT2D eigenvalue weighted by molar-refractivity contribution is 5.87. The Morgan fingerprint density at radius 2 is 2.29 bits per heavy atom. The number of aromatic amines is 1. The molecule has 0 aromatic carbocycles. The molecule has 14 heavy (non-hydrogen) atoms. The normalized spacial score (nSPS) is 12.4. The molecule has 0 radical (unpaired) electrons. The maximum atomic E-state index is 11.2. The van der Waals surface area contributed by atoms with Gasteiger partial charge in [0.15, 0.2) is 0 Å². The Kier molecular flexibility index (Phi) is 3.03. The van der Waals surface area contributed by atoms with E-state index < -0.39 is 12.1 Å². The minimum atomic E-state index is -1.10. The summed E-state index contributed by atoms with van der Waals surface area (Å²) in [6.45, 7) is 1.53. The lowest BCUT2D eigenvalue weighted by Crippen LogP contribution is -2.18. The number of aliphatic hydroxyl groups excluding tert-OH is 1. The Morgan fingerprint density at radius 1 is 1.64 bits per heavy atom. The van der Waals surface area contributed by atoms with Crippen molar-refractivity contribution in [3.63, 3.8) is 0 Å². The molecule has 0 aliphatic heterocycles. The molecule has 0 saturated carbocycles. The van der Waals surface area contributed by atoms with Crippen LogP contribution in [-0.2, 0) is 6.42 Å². The Bertz CT molecular complexity index is 394. The van der Waals surface area contributed by atoms with Gasteiger partial charge in [0.1, 0.15) is 0 Å². The zero-order valence-corrected chi connectivity index (χ0v) is 7.65. The molecular weight excluding hydrogens is 186 g/mol. The molecule has 1 aromatic rings. The molecule has 76 valence electrons. The van der Waals surface area contributed by atoms with Crippen LogP contribution in [0.15, 0.2) is 17.1 Å². The van der Waals surface area contributed by atoms with Gasteiger partial charge in [0.2, 0.25) is 0 Å². The Morgan fingerprint density at radius 3 is 2.79 bits per heavy atom. The van der Waals surface area contributed by atoms with Crippen LogP contribution in [0.2, 0.25) is 0 Å². The summed E-state index contributed by atoms with van der Waals surface area (Å²) in [7, 11) is 0. The fourth-order valence-corrected chi connectivity index (χ4v) is 1.12. The van der Waals surface area contributed by atoms with E-state index in [-0.39, 0.29) is 23.1 Å². The molecule has 1 heterocycles. The van der Waals surface area contributed by atoms with Crippen molar-refractivity contribution in [2.24, 2.45) is 0 Å². The first kappa shape index (κ1) is 10.5. The molecular formula is C9H11NO4. The van der Waals surface area contributed by atoms with Gasteiger partial charge in [-0.3, -0.25) is 4.79 Å². The number of aliphatic hydroxyl groups is 1. The zero-order chi connectivity index (χ0) is 10.7. The molecule has 0 amide bonds. The van der Waals surface area contributed by atoms with Crippen molar-refractivity contribution < 1.29 is 15.0 Å². The number of rotatable bonds is 3. The van der Waals surface area contributed by atoms with Crippen LogP contribution in [0.5, 0.6) is 0 Å². The van der Waals surface area contributed by atoms with Crippen LogP contribution in [0.1, 0.15) is 22.8 Å². The average Bonchev–Trinajstić information content (AvgIpc) is 2.07.